The Balaban J connectivity index is 1.60. The zero-order chi connectivity index (χ0) is 21.3. The number of hydrogen-bond acceptors (Lipinski definition) is 5. The Morgan fingerprint density at radius 1 is 1.13 bits per heavy atom. The number of anilines is 1. The number of pyridine rings is 2. The first kappa shape index (κ1) is 20.0. The zero-order valence-electron chi connectivity index (χ0n) is 16.2. The van der Waals surface area contributed by atoms with Gasteiger partial charge < -0.3 is 0 Å². The lowest BCUT2D eigenvalue weighted by atomic mass is 10.2. The van der Waals surface area contributed by atoms with Gasteiger partial charge in [0.2, 0.25) is 0 Å². The Morgan fingerprint density at radius 3 is 2.73 bits per heavy atom. The van der Waals surface area contributed by atoms with Gasteiger partial charge in [-0.25, -0.2) is 4.98 Å². The van der Waals surface area contributed by atoms with Crippen molar-refractivity contribution in [3.05, 3.63) is 92.3 Å². The van der Waals surface area contributed by atoms with Crippen LogP contribution in [-0.2, 0) is 0 Å². The summed E-state index contributed by atoms with van der Waals surface area (Å²) in [7, 11) is 0. The molecule has 0 aliphatic carbocycles. The van der Waals surface area contributed by atoms with E-state index in [2.05, 4.69) is 15.3 Å². The quantitative estimate of drug-likeness (QED) is 0.494. The third-order valence-corrected chi connectivity index (χ3v) is 5.75. The Labute approximate surface area is 181 Å². The summed E-state index contributed by atoms with van der Waals surface area (Å²) in [5.41, 5.74) is 4.06. The van der Waals surface area contributed by atoms with Gasteiger partial charge in [-0.2, -0.15) is 0 Å². The Kier molecular flexibility index (Phi) is 5.48. The number of halogens is 1. The number of carbonyl (C=O) groups excluding carboxylic acids is 1. The molecular weight excluding hydrogens is 420 g/mol. The van der Waals surface area contributed by atoms with Gasteiger partial charge in [0, 0.05) is 28.9 Å². The number of benzene rings is 1. The number of aromatic nitrogens is 3. The normalized spacial score (nSPS) is 10.8. The molecule has 0 saturated carbocycles. The first-order valence-electron chi connectivity index (χ1n) is 9.10. The van der Waals surface area contributed by atoms with E-state index in [1.807, 2.05) is 37.4 Å². The fourth-order valence-corrected chi connectivity index (χ4v) is 3.78. The number of carbonyl (C=O) groups is 1. The number of thiazole rings is 1. The molecule has 0 atom stereocenters. The van der Waals surface area contributed by atoms with Crippen LogP contribution < -0.4 is 10.9 Å². The molecule has 8 heteroatoms. The van der Waals surface area contributed by atoms with Crippen LogP contribution in [0.25, 0.3) is 17.1 Å². The van der Waals surface area contributed by atoms with Crippen LogP contribution in [0.3, 0.4) is 0 Å². The molecule has 1 N–H and O–H groups in total. The van der Waals surface area contributed by atoms with Gasteiger partial charge >= 0.3 is 0 Å². The highest BCUT2D eigenvalue weighted by atomic mass is 35.5. The molecule has 150 valence electrons. The van der Waals surface area contributed by atoms with Crippen LogP contribution in [0, 0.1) is 13.8 Å². The molecule has 0 unspecified atom stereocenters. The standard InChI is InChI=1S/C22H17ClN4O2S/c1-13-5-7-16(10-17(13)23)27-11-15(6-8-19(27)28)21(29)26-22-25-18(12-30-22)20-14(2)4-3-9-24-20/h3-12H,1-2H3,(H,25,26,29). The van der Waals surface area contributed by atoms with Crippen LogP contribution in [0.2, 0.25) is 5.02 Å². The maximum absolute atomic E-state index is 12.7. The van der Waals surface area contributed by atoms with Gasteiger partial charge in [-0.15, -0.1) is 11.3 Å². The van der Waals surface area contributed by atoms with Crippen LogP contribution in [0.15, 0.2) is 65.0 Å². The lowest BCUT2D eigenvalue weighted by Crippen LogP contribution is -2.20. The molecule has 4 aromatic rings. The molecule has 0 fully saturated rings. The van der Waals surface area contributed by atoms with Gasteiger partial charge in [0.15, 0.2) is 5.13 Å². The lowest BCUT2D eigenvalue weighted by Gasteiger charge is -2.09. The predicted molar refractivity (Wildman–Crippen MR) is 120 cm³/mol. The third kappa shape index (κ3) is 4.03. The van der Waals surface area contributed by atoms with Crippen molar-refractivity contribution in [1.82, 2.24) is 14.5 Å². The molecule has 3 heterocycles. The third-order valence-electron chi connectivity index (χ3n) is 4.58. The Morgan fingerprint density at radius 2 is 1.97 bits per heavy atom. The van der Waals surface area contributed by atoms with Gasteiger partial charge in [-0.3, -0.25) is 24.5 Å². The predicted octanol–water partition coefficient (Wildman–Crippen LogP) is 4.88. The van der Waals surface area contributed by atoms with E-state index in [-0.39, 0.29) is 11.5 Å². The van der Waals surface area contributed by atoms with Gasteiger partial charge in [0.25, 0.3) is 11.5 Å². The lowest BCUT2D eigenvalue weighted by molar-refractivity contribution is 0.102. The van der Waals surface area contributed by atoms with Crippen LogP contribution in [0.4, 0.5) is 5.13 Å². The van der Waals surface area contributed by atoms with Crippen LogP contribution in [0.5, 0.6) is 0 Å². The van der Waals surface area contributed by atoms with Crippen molar-refractivity contribution >= 4 is 34.0 Å². The summed E-state index contributed by atoms with van der Waals surface area (Å²) in [6.45, 7) is 3.84. The van der Waals surface area contributed by atoms with E-state index in [0.717, 1.165) is 16.8 Å². The summed E-state index contributed by atoms with van der Waals surface area (Å²) in [6.07, 6.45) is 3.20. The fourth-order valence-electron chi connectivity index (χ4n) is 2.92. The number of aryl methyl sites for hydroxylation is 2. The van der Waals surface area contributed by atoms with Crippen LogP contribution in [-0.4, -0.2) is 20.4 Å². The summed E-state index contributed by atoms with van der Waals surface area (Å²) in [6, 6.07) is 12.0. The van der Waals surface area contributed by atoms with E-state index in [1.54, 1.807) is 18.3 Å². The number of nitrogens with one attached hydrogen (secondary N) is 1. The summed E-state index contributed by atoms with van der Waals surface area (Å²) in [4.78, 5) is 33.9. The SMILES string of the molecule is Cc1ccc(-n2cc(C(=O)Nc3nc(-c4ncccc4C)cs3)ccc2=O)cc1Cl. The Hall–Kier alpha value is -3.29. The average Bonchev–Trinajstić information content (AvgIpc) is 3.19. The summed E-state index contributed by atoms with van der Waals surface area (Å²) >= 11 is 7.50. The second-order valence-corrected chi connectivity index (χ2v) is 7.99. The molecule has 3 aromatic heterocycles. The highest BCUT2D eigenvalue weighted by molar-refractivity contribution is 7.14. The fraction of sp³-hybridized carbons (Fsp3) is 0.0909. The monoisotopic (exact) mass is 436 g/mol. The van der Waals surface area contributed by atoms with Crippen molar-refractivity contribution in [2.75, 3.05) is 5.32 Å². The maximum Gasteiger partial charge on any atom is 0.258 e. The average molecular weight is 437 g/mol. The smallest absolute Gasteiger partial charge is 0.258 e. The molecule has 0 bridgehead atoms. The van der Waals surface area contributed by atoms with Gasteiger partial charge in [0.1, 0.15) is 5.69 Å². The molecule has 1 amide bonds. The number of amides is 1. The maximum atomic E-state index is 12.7. The van der Waals surface area contributed by atoms with Gasteiger partial charge in [-0.05, 0) is 49.2 Å². The molecule has 4 rings (SSSR count). The van der Waals surface area contributed by atoms with Crippen LogP contribution >= 0.6 is 22.9 Å². The summed E-state index contributed by atoms with van der Waals surface area (Å²) in [5, 5.41) is 5.64. The van der Waals surface area contributed by atoms with Gasteiger partial charge in [0.05, 0.1) is 16.9 Å². The van der Waals surface area contributed by atoms with Crippen molar-refractivity contribution in [2.24, 2.45) is 0 Å². The molecule has 0 spiro atoms. The van der Waals surface area contributed by atoms with Gasteiger partial charge in [-0.1, -0.05) is 23.7 Å². The molecule has 0 radical (unpaired) electrons. The van der Waals surface area contributed by atoms with E-state index in [4.69, 9.17) is 11.6 Å². The summed E-state index contributed by atoms with van der Waals surface area (Å²) in [5.74, 6) is -0.361. The van der Waals surface area contributed by atoms with E-state index < -0.39 is 0 Å². The van der Waals surface area contributed by atoms with E-state index >= 15 is 0 Å². The minimum atomic E-state index is -0.361. The van der Waals surface area contributed by atoms with Crippen molar-refractivity contribution < 1.29 is 4.79 Å². The highest BCUT2D eigenvalue weighted by Gasteiger charge is 2.13. The number of hydrogen-bond donors (Lipinski definition) is 1. The van der Waals surface area contributed by atoms with Crippen LogP contribution in [0.1, 0.15) is 21.5 Å². The molecular formula is C22H17ClN4O2S. The molecule has 6 nitrogen and oxygen atoms in total. The van der Waals surface area contributed by atoms with Crippen molar-refractivity contribution in [3.8, 4) is 17.1 Å². The molecule has 0 aliphatic rings. The zero-order valence-corrected chi connectivity index (χ0v) is 17.8. The summed E-state index contributed by atoms with van der Waals surface area (Å²) < 4.78 is 1.39. The molecule has 0 aliphatic heterocycles. The van der Waals surface area contributed by atoms with E-state index in [0.29, 0.717) is 27.1 Å². The second-order valence-electron chi connectivity index (χ2n) is 6.72. The minimum Gasteiger partial charge on any atom is -0.298 e. The first-order valence-corrected chi connectivity index (χ1v) is 10.4. The van der Waals surface area contributed by atoms with E-state index in [9.17, 15) is 9.59 Å². The number of nitrogens with zero attached hydrogens (tertiary/aromatic N) is 3. The first-order chi connectivity index (χ1) is 14.4. The molecule has 0 saturated heterocycles. The second kappa shape index (κ2) is 8.22. The van der Waals surface area contributed by atoms with Crippen molar-refractivity contribution in [3.63, 3.8) is 0 Å². The highest BCUT2D eigenvalue weighted by Crippen LogP contribution is 2.26. The van der Waals surface area contributed by atoms with Crippen molar-refractivity contribution in [1.29, 1.82) is 0 Å². The van der Waals surface area contributed by atoms with Crippen molar-refractivity contribution in [2.45, 2.75) is 13.8 Å². The topological polar surface area (TPSA) is 76.9 Å². The minimum absolute atomic E-state index is 0.256. The number of rotatable bonds is 4. The molecule has 30 heavy (non-hydrogen) atoms. The molecule has 1 aromatic carbocycles. The van der Waals surface area contributed by atoms with E-state index in [1.165, 1.54) is 34.2 Å². The Bertz CT molecular complexity index is 1310. The largest absolute Gasteiger partial charge is 0.298 e.